The second-order valence-corrected chi connectivity index (χ2v) is 4.05. The molecular formula is C12H17NO. The summed E-state index contributed by atoms with van der Waals surface area (Å²) in [4.78, 5) is 2.25. The molecule has 0 bridgehead atoms. The van der Waals surface area contributed by atoms with Crippen molar-refractivity contribution in [1.29, 1.82) is 0 Å². The molecule has 1 saturated heterocycles. The highest BCUT2D eigenvalue weighted by atomic mass is 16.3. The van der Waals surface area contributed by atoms with Gasteiger partial charge in [-0.3, -0.25) is 0 Å². The van der Waals surface area contributed by atoms with Crippen LogP contribution in [0.25, 0.3) is 0 Å². The van der Waals surface area contributed by atoms with Gasteiger partial charge in [0, 0.05) is 6.04 Å². The highest BCUT2D eigenvalue weighted by Gasteiger charge is 2.28. The number of nitrogens with zero attached hydrogens (tertiary/aromatic N) is 1. The molecule has 0 saturated carbocycles. The van der Waals surface area contributed by atoms with Crippen LogP contribution in [0, 0.1) is 0 Å². The fourth-order valence-corrected chi connectivity index (χ4v) is 2.21. The molecule has 0 radical (unpaired) electrons. The molecule has 0 aliphatic carbocycles. The molecule has 0 spiro atoms. The van der Waals surface area contributed by atoms with Crippen LogP contribution in [0.3, 0.4) is 0 Å². The molecule has 1 fully saturated rings. The SMILES string of the molecule is CN1CCC[C@H]1C(O)c1ccccc1. The van der Waals surface area contributed by atoms with E-state index in [9.17, 15) is 5.11 Å². The Morgan fingerprint density at radius 1 is 1.36 bits per heavy atom. The van der Waals surface area contributed by atoms with Gasteiger partial charge in [0.25, 0.3) is 0 Å². The van der Waals surface area contributed by atoms with Crippen molar-refractivity contribution in [2.24, 2.45) is 0 Å². The van der Waals surface area contributed by atoms with Gasteiger partial charge in [-0.15, -0.1) is 0 Å². The summed E-state index contributed by atoms with van der Waals surface area (Å²) >= 11 is 0. The third-order valence-electron chi connectivity index (χ3n) is 3.08. The van der Waals surface area contributed by atoms with Gasteiger partial charge in [-0.1, -0.05) is 30.3 Å². The van der Waals surface area contributed by atoms with Crippen LogP contribution >= 0.6 is 0 Å². The molecule has 1 aromatic carbocycles. The number of likely N-dealkylation sites (tertiary alicyclic amines) is 1. The van der Waals surface area contributed by atoms with Crippen LogP contribution in [0.5, 0.6) is 0 Å². The summed E-state index contributed by atoms with van der Waals surface area (Å²) in [7, 11) is 2.09. The minimum absolute atomic E-state index is 0.303. The Morgan fingerprint density at radius 2 is 2.07 bits per heavy atom. The van der Waals surface area contributed by atoms with Crippen LogP contribution in [-0.4, -0.2) is 29.6 Å². The van der Waals surface area contributed by atoms with Crippen molar-refractivity contribution in [2.75, 3.05) is 13.6 Å². The predicted octanol–water partition coefficient (Wildman–Crippen LogP) is 1.81. The first-order valence-corrected chi connectivity index (χ1v) is 5.22. The van der Waals surface area contributed by atoms with Gasteiger partial charge >= 0.3 is 0 Å². The first kappa shape index (κ1) is 9.69. The number of hydrogen-bond acceptors (Lipinski definition) is 2. The summed E-state index contributed by atoms with van der Waals surface area (Å²) in [6.07, 6.45) is 1.97. The molecular weight excluding hydrogens is 174 g/mol. The largest absolute Gasteiger partial charge is 0.387 e. The topological polar surface area (TPSA) is 23.5 Å². The van der Waals surface area contributed by atoms with E-state index in [-0.39, 0.29) is 6.10 Å². The summed E-state index contributed by atoms with van der Waals surface area (Å²) in [6, 6.07) is 10.2. The van der Waals surface area contributed by atoms with Gasteiger partial charge in [-0.05, 0) is 32.0 Å². The Morgan fingerprint density at radius 3 is 2.64 bits per heavy atom. The van der Waals surface area contributed by atoms with E-state index < -0.39 is 0 Å². The summed E-state index contributed by atoms with van der Waals surface area (Å²) in [5.74, 6) is 0. The Kier molecular flexibility index (Phi) is 2.85. The monoisotopic (exact) mass is 191 g/mol. The molecule has 76 valence electrons. The minimum Gasteiger partial charge on any atom is -0.387 e. The smallest absolute Gasteiger partial charge is 0.0945 e. The van der Waals surface area contributed by atoms with E-state index in [4.69, 9.17) is 0 Å². The predicted molar refractivity (Wildman–Crippen MR) is 57.1 cm³/mol. The van der Waals surface area contributed by atoms with Crippen molar-refractivity contribution in [1.82, 2.24) is 4.90 Å². The maximum absolute atomic E-state index is 10.1. The highest BCUT2D eigenvalue weighted by Crippen LogP contribution is 2.27. The van der Waals surface area contributed by atoms with E-state index in [1.807, 2.05) is 30.3 Å². The van der Waals surface area contributed by atoms with Gasteiger partial charge < -0.3 is 10.0 Å². The molecule has 14 heavy (non-hydrogen) atoms. The summed E-state index contributed by atoms with van der Waals surface area (Å²) in [5, 5.41) is 10.1. The summed E-state index contributed by atoms with van der Waals surface area (Å²) in [6.45, 7) is 1.11. The van der Waals surface area contributed by atoms with E-state index in [0.717, 1.165) is 18.5 Å². The summed E-state index contributed by atoms with van der Waals surface area (Å²) < 4.78 is 0. The third-order valence-corrected chi connectivity index (χ3v) is 3.08. The Labute approximate surface area is 85.2 Å². The van der Waals surface area contributed by atoms with Crippen LogP contribution in [0.4, 0.5) is 0 Å². The molecule has 0 amide bonds. The molecule has 2 atom stereocenters. The number of aliphatic hydroxyl groups excluding tert-OH is 1. The average molecular weight is 191 g/mol. The molecule has 0 aromatic heterocycles. The van der Waals surface area contributed by atoms with Crippen LogP contribution in [0.2, 0.25) is 0 Å². The van der Waals surface area contributed by atoms with Gasteiger partial charge in [0.1, 0.15) is 0 Å². The summed E-state index contributed by atoms with van der Waals surface area (Å²) in [5.41, 5.74) is 1.03. The normalized spacial score (nSPS) is 25.1. The Balaban J connectivity index is 2.12. The van der Waals surface area contributed by atoms with Crippen molar-refractivity contribution >= 4 is 0 Å². The van der Waals surface area contributed by atoms with Gasteiger partial charge in [0.15, 0.2) is 0 Å². The van der Waals surface area contributed by atoms with Crippen molar-refractivity contribution in [3.63, 3.8) is 0 Å². The molecule has 1 aliphatic heterocycles. The lowest BCUT2D eigenvalue weighted by molar-refractivity contribution is 0.0857. The zero-order valence-corrected chi connectivity index (χ0v) is 8.56. The fourth-order valence-electron chi connectivity index (χ4n) is 2.21. The van der Waals surface area contributed by atoms with Crippen molar-refractivity contribution < 1.29 is 5.11 Å². The number of hydrogen-bond donors (Lipinski definition) is 1. The lowest BCUT2D eigenvalue weighted by Gasteiger charge is -2.25. The zero-order chi connectivity index (χ0) is 9.97. The quantitative estimate of drug-likeness (QED) is 0.770. The number of rotatable bonds is 2. The number of benzene rings is 1. The molecule has 1 aliphatic rings. The standard InChI is InChI=1S/C12H17NO/c1-13-9-5-8-11(13)12(14)10-6-3-2-4-7-10/h2-4,6-7,11-12,14H,5,8-9H2,1H3/t11-,12?/m0/s1. The first-order chi connectivity index (χ1) is 6.79. The van der Waals surface area contributed by atoms with E-state index in [1.165, 1.54) is 6.42 Å². The highest BCUT2D eigenvalue weighted by molar-refractivity contribution is 5.19. The van der Waals surface area contributed by atoms with E-state index >= 15 is 0 Å². The molecule has 2 nitrogen and oxygen atoms in total. The Hall–Kier alpha value is -0.860. The van der Waals surface area contributed by atoms with Gasteiger partial charge in [0.05, 0.1) is 6.10 Å². The van der Waals surface area contributed by atoms with Crippen molar-refractivity contribution in [2.45, 2.75) is 25.0 Å². The second kappa shape index (κ2) is 4.11. The van der Waals surface area contributed by atoms with E-state index in [2.05, 4.69) is 11.9 Å². The maximum atomic E-state index is 10.1. The van der Waals surface area contributed by atoms with Crippen LogP contribution in [0.15, 0.2) is 30.3 Å². The zero-order valence-electron chi connectivity index (χ0n) is 8.56. The van der Waals surface area contributed by atoms with Crippen molar-refractivity contribution in [3.8, 4) is 0 Å². The maximum Gasteiger partial charge on any atom is 0.0945 e. The molecule has 1 N–H and O–H groups in total. The molecule has 1 aromatic rings. The second-order valence-electron chi connectivity index (χ2n) is 4.05. The number of aliphatic hydroxyl groups is 1. The van der Waals surface area contributed by atoms with Crippen molar-refractivity contribution in [3.05, 3.63) is 35.9 Å². The lowest BCUT2D eigenvalue weighted by Crippen LogP contribution is -2.30. The Bertz CT molecular complexity index is 286. The molecule has 1 heterocycles. The molecule has 2 rings (SSSR count). The molecule has 1 unspecified atom stereocenters. The van der Waals surface area contributed by atoms with Gasteiger partial charge in [-0.25, -0.2) is 0 Å². The fraction of sp³-hybridized carbons (Fsp3) is 0.500. The van der Waals surface area contributed by atoms with E-state index in [0.29, 0.717) is 6.04 Å². The lowest BCUT2D eigenvalue weighted by atomic mass is 10.0. The van der Waals surface area contributed by atoms with Crippen LogP contribution in [-0.2, 0) is 0 Å². The molecule has 2 heteroatoms. The third kappa shape index (κ3) is 1.81. The van der Waals surface area contributed by atoms with E-state index in [1.54, 1.807) is 0 Å². The first-order valence-electron chi connectivity index (χ1n) is 5.22. The number of likely N-dealkylation sites (N-methyl/N-ethyl adjacent to an activating group) is 1. The average Bonchev–Trinajstić information content (AvgIpc) is 2.65. The van der Waals surface area contributed by atoms with Gasteiger partial charge in [-0.2, -0.15) is 0 Å². The minimum atomic E-state index is -0.330. The van der Waals surface area contributed by atoms with Crippen LogP contribution in [0.1, 0.15) is 24.5 Å². The van der Waals surface area contributed by atoms with Crippen LogP contribution < -0.4 is 0 Å². The van der Waals surface area contributed by atoms with Gasteiger partial charge in [0.2, 0.25) is 0 Å².